The molecular weight excluding hydrogens is 250 g/mol. The zero-order chi connectivity index (χ0) is 13.7. The molecule has 1 aliphatic carbocycles. The van der Waals surface area contributed by atoms with Crippen molar-refractivity contribution in [1.29, 1.82) is 0 Å². The van der Waals surface area contributed by atoms with Gasteiger partial charge >= 0.3 is 5.97 Å². The van der Waals surface area contributed by atoms with Crippen molar-refractivity contribution in [1.82, 2.24) is 4.98 Å². The maximum atomic E-state index is 11.3. The number of carbonyl (C=O) groups is 1. The summed E-state index contributed by atoms with van der Waals surface area (Å²) in [6.45, 7) is 0. The fraction of sp³-hybridized carbons (Fsp3) is 0.538. The van der Waals surface area contributed by atoms with Crippen LogP contribution in [0.1, 0.15) is 36.2 Å². The third kappa shape index (κ3) is 3.65. The monoisotopic (exact) mass is 267 g/mol. The molecule has 0 bridgehead atoms. The Morgan fingerprint density at radius 2 is 2.21 bits per heavy atom. The van der Waals surface area contributed by atoms with E-state index in [0.717, 1.165) is 25.7 Å². The van der Waals surface area contributed by atoms with Crippen LogP contribution >= 0.6 is 0 Å². The summed E-state index contributed by atoms with van der Waals surface area (Å²) in [5, 5.41) is 9.78. The van der Waals surface area contributed by atoms with Crippen molar-refractivity contribution in [3.8, 4) is 5.75 Å². The summed E-state index contributed by atoms with van der Waals surface area (Å²) in [6, 6.07) is 2.93. The normalized spacial score (nSPS) is 17.2. The Balaban J connectivity index is 1.90. The van der Waals surface area contributed by atoms with Crippen LogP contribution in [0.4, 0.5) is 0 Å². The van der Waals surface area contributed by atoms with Gasteiger partial charge in [-0.2, -0.15) is 4.89 Å². The Morgan fingerprint density at radius 3 is 2.89 bits per heavy atom. The number of esters is 1. The van der Waals surface area contributed by atoms with E-state index in [-0.39, 0.29) is 11.6 Å². The van der Waals surface area contributed by atoms with E-state index in [0.29, 0.717) is 5.75 Å². The van der Waals surface area contributed by atoms with E-state index in [1.54, 1.807) is 0 Å². The number of ether oxygens (including phenoxy) is 1. The lowest BCUT2D eigenvalue weighted by Crippen LogP contribution is -2.23. The molecule has 0 unspecified atom stereocenters. The second-order valence-electron chi connectivity index (χ2n) is 4.48. The average Bonchev–Trinajstić information content (AvgIpc) is 2.98. The molecule has 0 amide bonds. The van der Waals surface area contributed by atoms with Crippen molar-refractivity contribution in [3.63, 3.8) is 0 Å². The van der Waals surface area contributed by atoms with Gasteiger partial charge in [-0.1, -0.05) is 12.8 Å². The van der Waals surface area contributed by atoms with Gasteiger partial charge in [-0.25, -0.2) is 9.78 Å². The van der Waals surface area contributed by atoms with Crippen molar-refractivity contribution in [2.24, 2.45) is 5.92 Å². The second kappa shape index (κ2) is 6.49. The van der Waals surface area contributed by atoms with E-state index in [1.807, 2.05) is 0 Å². The summed E-state index contributed by atoms with van der Waals surface area (Å²) in [5.41, 5.74) is 0.124. The summed E-state index contributed by atoms with van der Waals surface area (Å²) in [6.07, 6.45) is 4.55. The lowest BCUT2D eigenvalue weighted by atomic mass is 10.1. The summed E-state index contributed by atoms with van der Waals surface area (Å²) in [4.78, 5) is 25.1. The number of pyridine rings is 1. The maximum Gasteiger partial charge on any atom is 0.356 e. The number of aromatic nitrogens is 1. The summed E-state index contributed by atoms with van der Waals surface area (Å²) in [7, 11) is 1.28. The smallest absolute Gasteiger partial charge is 0.356 e. The largest absolute Gasteiger partial charge is 0.464 e. The Morgan fingerprint density at radius 1 is 1.47 bits per heavy atom. The summed E-state index contributed by atoms with van der Waals surface area (Å²) < 4.78 is 4.55. The predicted molar refractivity (Wildman–Crippen MR) is 65.3 cm³/mol. The Kier molecular flexibility index (Phi) is 4.70. The molecule has 1 aromatic heterocycles. The van der Waals surface area contributed by atoms with Gasteiger partial charge in [0.05, 0.1) is 7.11 Å². The molecule has 0 aliphatic heterocycles. The van der Waals surface area contributed by atoms with Gasteiger partial charge in [0, 0.05) is 24.2 Å². The lowest BCUT2D eigenvalue weighted by molar-refractivity contribution is -0.320. The fourth-order valence-corrected chi connectivity index (χ4v) is 2.11. The van der Waals surface area contributed by atoms with Crippen LogP contribution in [0.3, 0.4) is 0 Å². The highest BCUT2D eigenvalue weighted by Crippen LogP contribution is 2.28. The zero-order valence-electron chi connectivity index (χ0n) is 10.7. The van der Waals surface area contributed by atoms with Crippen molar-refractivity contribution in [2.75, 3.05) is 7.11 Å². The molecule has 104 valence electrons. The van der Waals surface area contributed by atoms with Crippen LogP contribution < -0.4 is 4.89 Å². The SMILES string of the molecule is COC(=O)c1cc(OO[C@H](O)C2CCCC2)ccn1. The van der Waals surface area contributed by atoms with E-state index < -0.39 is 12.3 Å². The number of aliphatic hydroxyl groups excluding tert-OH is 1. The number of methoxy groups -OCH3 is 1. The van der Waals surface area contributed by atoms with Gasteiger partial charge in [-0.15, -0.1) is 0 Å². The Hall–Kier alpha value is -1.66. The van der Waals surface area contributed by atoms with Crippen LogP contribution in [-0.2, 0) is 9.62 Å². The van der Waals surface area contributed by atoms with E-state index in [1.165, 1.54) is 25.4 Å². The number of carbonyl (C=O) groups excluding carboxylic acids is 1. The van der Waals surface area contributed by atoms with Crippen molar-refractivity contribution in [2.45, 2.75) is 32.0 Å². The average molecular weight is 267 g/mol. The molecule has 2 rings (SSSR count). The number of hydrogen-bond acceptors (Lipinski definition) is 6. The van der Waals surface area contributed by atoms with E-state index in [9.17, 15) is 9.90 Å². The first-order chi connectivity index (χ1) is 9.20. The first-order valence-corrected chi connectivity index (χ1v) is 6.26. The topological polar surface area (TPSA) is 77.9 Å². The van der Waals surface area contributed by atoms with E-state index in [4.69, 9.17) is 9.78 Å². The maximum absolute atomic E-state index is 11.3. The second-order valence-corrected chi connectivity index (χ2v) is 4.48. The molecule has 0 aromatic carbocycles. The zero-order valence-corrected chi connectivity index (χ0v) is 10.7. The molecule has 6 heteroatoms. The van der Waals surface area contributed by atoms with Crippen LogP contribution in [0, 0.1) is 5.92 Å². The molecule has 1 heterocycles. The number of nitrogens with zero attached hydrogens (tertiary/aromatic N) is 1. The van der Waals surface area contributed by atoms with Crippen LogP contribution in [-0.4, -0.2) is 29.5 Å². The molecule has 1 aromatic rings. The Bertz CT molecular complexity index is 431. The number of rotatable bonds is 5. The van der Waals surface area contributed by atoms with Crippen molar-refractivity contribution < 1.29 is 24.4 Å². The van der Waals surface area contributed by atoms with Gasteiger partial charge in [0.15, 0.2) is 11.4 Å². The molecular formula is C13H17NO5. The molecule has 0 radical (unpaired) electrons. The summed E-state index contributed by atoms with van der Waals surface area (Å²) >= 11 is 0. The quantitative estimate of drug-likeness (QED) is 0.378. The van der Waals surface area contributed by atoms with Crippen LogP contribution in [0.25, 0.3) is 0 Å². The summed E-state index contributed by atoms with van der Waals surface area (Å²) in [5.74, 6) is -0.142. The van der Waals surface area contributed by atoms with Crippen molar-refractivity contribution >= 4 is 5.97 Å². The van der Waals surface area contributed by atoms with Gasteiger partial charge in [0.1, 0.15) is 0 Å². The molecule has 0 spiro atoms. The van der Waals surface area contributed by atoms with Gasteiger partial charge in [-0.3, -0.25) is 0 Å². The number of hydrogen-bond donors (Lipinski definition) is 1. The highest BCUT2D eigenvalue weighted by atomic mass is 17.2. The standard InChI is InChI=1S/C13H17NO5/c1-17-13(16)11-8-10(6-7-14-11)18-19-12(15)9-4-2-3-5-9/h6-9,12,15H,2-5H2,1H3/t12-/m0/s1. The van der Waals surface area contributed by atoms with Crippen LogP contribution in [0.15, 0.2) is 18.3 Å². The van der Waals surface area contributed by atoms with Gasteiger partial charge in [-0.05, 0) is 12.8 Å². The first kappa shape index (κ1) is 13.8. The molecule has 19 heavy (non-hydrogen) atoms. The minimum Gasteiger partial charge on any atom is -0.464 e. The molecule has 1 aliphatic rings. The third-order valence-corrected chi connectivity index (χ3v) is 3.17. The Labute approximate surface area is 111 Å². The lowest BCUT2D eigenvalue weighted by Gasteiger charge is -2.16. The minimum absolute atomic E-state index is 0.113. The van der Waals surface area contributed by atoms with Gasteiger partial charge < -0.3 is 14.7 Å². The predicted octanol–water partition coefficient (Wildman–Crippen LogP) is 1.69. The molecule has 1 atom stereocenters. The van der Waals surface area contributed by atoms with E-state index in [2.05, 4.69) is 9.72 Å². The molecule has 6 nitrogen and oxygen atoms in total. The van der Waals surface area contributed by atoms with Gasteiger partial charge in [0.25, 0.3) is 0 Å². The minimum atomic E-state index is -0.947. The molecule has 1 N–H and O–H groups in total. The molecule has 1 saturated carbocycles. The van der Waals surface area contributed by atoms with Gasteiger partial charge in [0.2, 0.25) is 6.29 Å². The van der Waals surface area contributed by atoms with E-state index >= 15 is 0 Å². The van der Waals surface area contributed by atoms with Crippen LogP contribution in [0.2, 0.25) is 0 Å². The molecule has 1 fully saturated rings. The highest BCUT2D eigenvalue weighted by Gasteiger charge is 2.25. The van der Waals surface area contributed by atoms with Crippen molar-refractivity contribution in [3.05, 3.63) is 24.0 Å². The first-order valence-electron chi connectivity index (χ1n) is 6.26. The fourth-order valence-electron chi connectivity index (χ4n) is 2.11. The third-order valence-electron chi connectivity index (χ3n) is 3.17. The van der Waals surface area contributed by atoms with Crippen LogP contribution in [0.5, 0.6) is 5.75 Å². The molecule has 0 saturated heterocycles. The number of aliphatic hydroxyl groups is 1. The highest BCUT2D eigenvalue weighted by molar-refractivity contribution is 5.87.